The van der Waals surface area contributed by atoms with Crippen LogP contribution in [0.3, 0.4) is 0 Å². The van der Waals surface area contributed by atoms with Crippen LogP contribution in [0.25, 0.3) is 0 Å². The van der Waals surface area contributed by atoms with Gasteiger partial charge < -0.3 is 16.4 Å². The fourth-order valence-electron chi connectivity index (χ4n) is 2.80. The van der Waals surface area contributed by atoms with Gasteiger partial charge in [-0.15, -0.1) is 0 Å². The molecule has 5 nitrogen and oxygen atoms in total. The van der Waals surface area contributed by atoms with E-state index in [4.69, 9.17) is 5.73 Å². The van der Waals surface area contributed by atoms with Crippen LogP contribution in [-0.2, 0) is 4.79 Å². The molecule has 1 unspecified atom stereocenters. The van der Waals surface area contributed by atoms with Crippen molar-refractivity contribution in [2.75, 3.05) is 18.6 Å². The predicted molar refractivity (Wildman–Crippen MR) is 107 cm³/mol. The Morgan fingerprint density at radius 1 is 1.00 bits per heavy atom. The summed E-state index contributed by atoms with van der Waals surface area (Å²) in [5, 5.41) is 5.51. The number of thioether (sulfide) groups is 1. The third kappa shape index (κ3) is 6.11. The van der Waals surface area contributed by atoms with E-state index in [1.807, 2.05) is 42.7 Å². The largest absolute Gasteiger partial charge is 0.353 e. The maximum absolute atomic E-state index is 12.6. The summed E-state index contributed by atoms with van der Waals surface area (Å²) in [6.07, 6.45) is 2.50. The highest BCUT2D eigenvalue weighted by Gasteiger charge is 2.21. The van der Waals surface area contributed by atoms with Crippen molar-refractivity contribution in [3.63, 3.8) is 0 Å². The molecule has 0 spiro atoms. The van der Waals surface area contributed by atoms with Crippen molar-refractivity contribution in [3.05, 3.63) is 71.8 Å². The average molecular weight is 372 g/mol. The minimum absolute atomic E-state index is 0.0381. The van der Waals surface area contributed by atoms with Crippen molar-refractivity contribution in [2.24, 2.45) is 5.73 Å². The zero-order valence-electron chi connectivity index (χ0n) is 14.9. The van der Waals surface area contributed by atoms with Gasteiger partial charge in [-0.1, -0.05) is 60.7 Å². The molecule has 0 aromatic heterocycles. The molecule has 4 N–H and O–H groups in total. The monoisotopic (exact) mass is 371 g/mol. The number of benzene rings is 2. The number of hydrogen-bond donors (Lipinski definition) is 3. The summed E-state index contributed by atoms with van der Waals surface area (Å²) in [7, 11) is 0. The number of hydrogen-bond acceptors (Lipinski definition) is 3. The Morgan fingerprint density at radius 3 is 2.00 bits per heavy atom. The SMILES string of the molecule is CSCCC(NC(N)=O)C(=O)NCC(c1ccccc1)c1ccccc1. The quantitative estimate of drug-likeness (QED) is 0.634. The lowest BCUT2D eigenvalue weighted by Gasteiger charge is -2.22. The van der Waals surface area contributed by atoms with Crippen molar-refractivity contribution < 1.29 is 9.59 Å². The van der Waals surface area contributed by atoms with Crippen LogP contribution in [0.15, 0.2) is 60.7 Å². The van der Waals surface area contributed by atoms with E-state index in [-0.39, 0.29) is 11.8 Å². The minimum Gasteiger partial charge on any atom is -0.353 e. The Labute approximate surface area is 158 Å². The summed E-state index contributed by atoms with van der Waals surface area (Å²) in [5.41, 5.74) is 7.46. The Balaban J connectivity index is 2.10. The molecule has 0 saturated carbocycles. The maximum Gasteiger partial charge on any atom is 0.312 e. The maximum atomic E-state index is 12.6. The topological polar surface area (TPSA) is 84.2 Å². The molecule has 0 saturated heterocycles. The fourth-order valence-corrected chi connectivity index (χ4v) is 3.27. The van der Waals surface area contributed by atoms with Gasteiger partial charge in [-0.05, 0) is 29.6 Å². The van der Waals surface area contributed by atoms with Crippen molar-refractivity contribution in [3.8, 4) is 0 Å². The lowest BCUT2D eigenvalue weighted by molar-refractivity contribution is -0.122. The Morgan fingerprint density at radius 2 is 1.54 bits per heavy atom. The zero-order chi connectivity index (χ0) is 18.8. The minimum atomic E-state index is -0.686. The second kappa shape index (κ2) is 10.5. The van der Waals surface area contributed by atoms with Gasteiger partial charge in [0, 0.05) is 12.5 Å². The molecule has 0 fully saturated rings. The molecule has 0 aliphatic heterocycles. The zero-order valence-corrected chi connectivity index (χ0v) is 15.7. The highest BCUT2D eigenvalue weighted by molar-refractivity contribution is 7.98. The second-order valence-electron chi connectivity index (χ2n) is 5.96. The van der Waals surface area contributed by atoms with Gasteiger partial charge >= 0.3 is 6.03 Å². The van der Waals surface area contributed by atoms with E-state index in [1.165, 1.54) is 0 Å². The third-order valence-electron chi connectivity index (χ3n) is 4.13. The molecule has 0 bridgehead atoms. The Bertz CT molecular complexity index is 655. The number of nitrogens with one attached hydrogen (secondary N) is 2. The molecule has 0 heterocycles. The first-order chi connectivity index (χ1) is 12.6. The molecule has 0 aliphatic carbocycles. The van der Waals surface area contributed by atoms with Crippen LogP contribution in [-0.4, -0.2) is 36.5 Å². The van der Waals surface area contributed by atoms with E-state index in [1.54, 1.807) is 11.8 Å². The number of amides is 3. The van der Waals surface area contributed by atoms with Gasteiger partial charge in [-0.2, -0.15) is 11.8 Å². The number of rotatable bonds is 9. The van der Waals surface area contributed by atoms with Crippen LogP contribution >= 0.6 is 11.8 Å². The Kier molecular flexibility index (Phi) is 8.02. The van der Waals surface area contributed by atoms with Gasteiger partial charge in [0.1, 0.15) is 6.04 Å². The number of urea groups is 1. The normalized spacial score (nSPS) is 11.8. The third-order valence-corrected chi connectivity index (χ3v) is 4.77. The first-order valence-electron chi connectivity index (χ1n) is 8.54. The van der Waals surface area contributed by atoms with Gasteiger partial charge in [0.05, 0.1) is 0 Å². The summed E-state index contributed by atoms with van der Waals surface area (Å²) in [4.78, 5) is 23.7. The molecule has 0 radical (unpaired) electrons. The van der Waals surface area contributed by atoms with Gasteiger partial charge in [0.15, 0.2) is 0 Å². The van der Waals surface area contributed by atoms with Crippen LogP contribution in [0.2, 0.25) is 0 Å². The van der Waals surface area contributed by atoms with Crippen LogP contribution in [0.5, 0.6) is 0 Å². The molecule has 2 aromatic rings. The average Bonchev–Trinajstić information content (AvgIpc) is 2.66. The van der Waals surface area contributed by atoms with Crippen LogP contribution < -0.4 is 16.4 Å². The summed E-state index contributed by atoms with van der Waals surface area (Å²) in [5.74, 6) is 0.588. The predicted octanol–water partition coefficient (Wildman–Crippen LogP) is 2.72. The van der Waals surface area contributed by atoms with E-state index in [2.05, 4.69) is 34.9 Å². The Hall–Kier alpha value is -2.47. The van der Waals surface area contributed by atoms with Gasteiger partial charge in [-0.25, -0.2) is 4.79 Å². The molecule has 26 heavy (non-hydrogen) atoms. The molecule has 3 amide bonds. The van der Waals surface area contributed by atoms with Crippen molar-refractivity contribution in [1.82, 2.24) is 10.6 Å². The van der Waals surface area contributed by atoms with Crippen LogP contribution in [0.1, 0.15) is 23.5 Å². The standard InChI is InChI=1S/C20H25N3O2S/c1-26-13-12-18(23-20(21)25)19(24)22-14-17(15-8-4-2-5-9-15)16-10-6-3-7-11-16/h2-11,17-18H,12-14H2,1H3,(H,22,24)(H3,21,23,25). The van der Waals surface area contributed by atoms with E-state index in [0.717, 1.165) is 16.9 Å². The second-order valence-corrected chi connectivity index (χ2v) is 6.95. The lowest BCUT2D eigenvalue weighted by Crippen LogP contribution is -2.49. The van der Waals surface area contributed by atoms with Gasteiger partial charge in [0.25, 0.3) is 0 Å². The molecule has 2 rings (SSSR count). The first kappa shape index (κ1) is 19.8. The highest BCUT2D eigenvalue weighted by Crippen LogP contribution is 2.23. The highest BCUT2D eigenvalue weighted by atomic mass is 32.2. The number of carbonyl (C=O) groups is 2. The first-order valence-corrected chi connectivity index (χ1v) is 9.93. The fraction of sp³-hybridized carbons (Fsp3) is 0.300. The molecule has 6 heteroatoms. The summed E-state index contributed by atoms with van der Waals surface area (Å²) in [6, 6.07) is 18.8. The summed E-state index contributed by atoms with van der Waals surface area (Å²) >= 11 is 1.62. The number of carbonyl (C=O) groups excluding carboxylic acids is 2. The number of primary amides is 1. The van der Waals surface area contributed by atoms with E-state index >= 15 is 0 Å². The van der Waals surface area contributed by atoms with Crippen molar-refractivity contribution >= 4 is 23.7 Å². The molecule has 0 aliphatic rings. The van der Waals surface area contributed by atoms with Gasteiger partial charge in [-0.3, -0.25) is 4.79 Å². The molecular weight excluding hydrogens is 346 g/mol. The van der Waals surface area contributed by atoms with E-state index in [9.17, 15) is 9.59 Å². The van der Waals surface area contributed by atoms with E-state index in [0.29, 0.717) is 13.0 Å². The van der Waals surface area contributed by atoms with Crippen LogP contribution in [0.4, 0.5) is 4.79 Å². The van der Waals surface area contributed by atoms with Crippen molar-refractivity contribution in [2.45, 2.75) is 18.4 Å². The van der Waals surface area contributed by atoms with Crippen molar-refractivity contribution in [1.29, 1.82) is 0 Å². The molecule has 138 valence electrons. The molecule has 2 aromatic carbocycles. The van der Waals surface area contributed by atoms with Gasteiger partial charge in [0.2, 0.25) is 5.91 Å². The molecule has 1 atom stereocenters. The molecular formula is C20H25N3O2S. The summed E-state index contributed by atoms with van der Waals surface area (Å²) < 4.78 is 0. The van der Waals surface area contributed by atoms with Crippen LogP contribution in [0, 0.1) is 0 Å². The smallest absolute Gasteiger partial charge is 0.312 e. The number of nitrogens with two attached hydrogens (primary N) is 1. The summed E-state index contributed by atoms with van der Waals surface area (Å²) in [6.45, 7) is 0.447. The lowest BCUT2D eigenvalue weighted by atomic mass is 9.91. The van der Waals surface area contributed by atoms with E-state index < -0.39 is 12.1 Å².